The Labute approximate surface area is 280 Å². The van der Waals surface area contributed by atoms with Crippen molar-refractivity contribution >= 4 is 46.6 Å². The number of piperidine rings is 1. The lowest BCUT2D eigenvalue weighted by atomic mass is 9.87. The first kappa shape index (κ1) is 31.2. The number of nitrogens with one attached hydrogen (secondary N) is 3. The molecule has 3 aliphatic rings. The second-order valence-electron chi connectivity index (χ2n) is 12.8. The molecular weight excluding hydrogens is 609 g/mol. The van der Waals surface area contributed by atoms with Crippen molar-refractivity contribution in [2.45, 2.75) is 76.0 Å². The van der Waals surface area contributed by atoms with Gasteiger partial charge < -0.3 is 25.4 Å². The molecule has 47 heavy (non-hydrogen) atoms. The Bertz CT molecular complexity index is 1730. The molecule has 11 heteroatoms. The van der Waals surface area contributed by atoms with Crippen LogP contribution in [0.25, 0.3) is 22.6 Å². The average molecular weight is 651 g/mol. The van der Waals surface area contributed by atoms with E-state index in [4.69, 9.17) is 9.97 Å². The third kappa shape index (κ3) is 7.45. The smallest absolute Gasteiger partial charge is 0.227 e. The molecule has 1 aliphatic carbocycles. The van der Waals surface area contributed by atoms with Crippen LogP contribution in [0.3, 0.4) is 0 Å². The van der Waals surface area contributed by atoms with Gasteiger partial charge in [0.1, 0.15) is 0 Å². The molecule has 10 nitrogen and oxygen atoms in total. The zero-order chi connectivity index (χ0) is 32.2. The van der Waals surface area contributed by atoms with Crippen LogP contribution < -0.4 is 20.9 Å². The summed E-state index contributed by atoms with van der Waals surface area (Å²) in [5.74, 6) is 2.10. The lowest BCUT2D eigenvalue weighted by Gasteiger charge is -2.33. The Morgan fingerprint density at radius 2 is 1.72 bits per heavy atom. The standard InChI is InChI=1S/C36H42N8O2S/c1-24(45)38-28-15-18-43(19-16-28)30-12-10-27(11-13-30)40-35-37-17-14-31(41-35)34-33(42-36-44(34)20-21-47-36)26-8-5-9-29(23-26)39-32(46)22-25-6-3-2-4-7-25/h5,8-14,17,23,25,28H,2-4,6-7,15-16,18-22H2,1H3,(H,38,45)(H,39,46)(H,37,40,41). The number of hydrogen-bond donors (Lipinski definition) is 3. The fourth-order valence-corrected chi connectivity index (χ4v) is 8.00. The number of hydrogen-bond acceptors (Lipinski definition) is 8. The maximum Gasteiger partial charge on any atom is 0.227 e. The van der Waals surface area contributed by atoms with Gasteiger partial charge in [-0.25, -0.2) is 15.0 Å². The van der Waals surface area contributed by atoms with Crippen molar-refractivity contribution in [1.29, 1.82) is 0 Å². The molecule has 4 aromatic rings. The quantitative estimate of drug-likeness (QED) is 0.180. The molecular formula is C36H42N8O2S. The number of carbonyl (C=O) groups is 2. The van der Waals surface area contributed by atoms with Crippen LogP contribution in [0.15, 0.2) is 66.0 Å². The SMILES string of the molecule is CC(=O)NC1CCN(c2ccc(Nc3nccc(-c4c(-c5cccc(NC(=O)CC6CCCCC6)c5)nc5n4CCS5)n3)cc2)CC1. The zero-order valence-corrected chi connectivity index (χ0v) is 27.7. The van der Waals surface area contributed by atoms with Crippen LogP contribution in [0.1, 0.15) is 58.3 Å². The molecule has 2 aliphatic heterocycles. The number of fused-ring (bicyclic) bond motifs is 1. The number of benzene rings is 2. The molecule has 3 N–H and O–H groups in total. The number of amides is 2. The van der Waals surface area contributed by atoms with Crippen LogP contribution in [0.5, 0.6) is 0 Å². The topological polar surface area (TPSA) is 117 Å². The third-order valence-corrected chi connectivity index (χ3v) is 10.3. The highest BCUT2D eigenvalue weighted by atomic mass is 32.2. The van der Waals surface area contributed by atoms with Crippen molar-refractivity contribution in [3.63, 3.8) is 0 Å². The summed E-state index contributed by atoms with van der Waals surface area (Å²) in [6.45, 7) is 4.26. The van der Waals surface area contributed by atoms with E-state index in [1.165, 1.54) is 19.3 Å². The Morgan fingerprint density at radius 1 is 0.915 bits per heavy atom. The van der Waals surface area contributed by atoms with Crippen molar-refractivity contribution in [2.24, 2.45) is 5.92 Å². The monoisotopic (exact) mass is 650 g/mol. The number of carbonyl (C=O) groups excluding carboxylic acids is 2. The molecule has 0 radical (unpaired) electrons. The second-order valence-corrected chi connectivity index (χ2v) is 13.9. The molecule has 244 valence electrons. The molecule has 2 amide bonds. The van der Waals surface area contributed by atoms with Crippen molar-refractivity contribution in [1.82, 2.24) is 24.8 Å². The molecule has 0 atom stereocenters. The normalized spacial score (nSPS) is 16.9. The summed E-state index contributed by atoms with van der Waals surface area (Å²) in [6, 6.07) is 18.5. The highest BCUT2D eigenvalue weighted by Crippen LogP contribution is 2.39. The number of anilines is 4. The Hall–Kier alpha value is -4.38. The third-order valence-electron chi connectivity index (χ3n) is 9.39. The largest absolute Gasteiger partial charge is 0.371 e. The number of nitrogens with zero attached hydrogens (tertiary/aromatic N) is 5. The van der Waals surface area contributed by atoms with E-state index in [2.05, 4.69) is 54.7 Å². The number of aromatic nitrogens is 4. The molecule has 1 saturated carbocycles. The van der Waals surface area contributed by atoms with Crippen molar-refractivity contribution in [2.75, 3.05) is 34.4 Å². The van der Waals surface area contributed by atoms with Crippen LogP contribution in [0.4, 0.5) is 23.0 Å². The maximum absolute atomic E-state index is 12.9. The highest BCUT2D eigenvalue weighted by molar-refractivity contribution is 7.99. The summed E-state index contributed by atoms with van der Waals surface area (Å²) in [7, 11) is 0. The minimum atomic E-state index is 0.0392. The lowest BCUT2D eigenvalue weighted by Crippen LogP contribution is -2.44. The van der Waals surface area contributed by atoms with Gasteiger partial charge in [-0.3, -0.25) is 9.59 Å². The molecule has 1 saturated heterocycles. The summed E-state index contributed by atoms with van der Waals surface area (Å²) in [6.07, 6.45) is 10.3. The van der Waals surface area contributed by atoms with E-state index in [0.717, 1.165) is 95.9 Å². The van der Waals surface area contributed by atoms with E-state index in [9.17, 15) is 9.59 Å². The van der Waals surface area contributed by atoms with Gasteiger partial charge in [0, 0.05) is 73.6 Å². The van der Waals surface area contributed by atoms with Crippen LogP contribution >= 0.6 is 11.8 Å². The minimum absolute atomic E-state index is 0.0392. The summed E-state index contributed by atoms with van der Waals surface area (Å²) in [4.78, 5) is 41.2. The lowest BCUT2D eigenvalue weighted by molar-refractivity contribution is -0.120. The minimum Gasteiger partial charge on any atom is -0.371 e. The average Bonchev–Trinajstić information content (AvgIpc) is 3.68. The van der Waals surface area contributed by atoms with Gasteiger partial charge in [-0.15, -0.1) is 0 Å². The van der Waals surface area contributed by atoms with Crippen LogP contribution in [-0.4, -0.2) is 56.2 Å². The van der Waals surface area contributed by atoms with Crippen LogP contribution in [-0.2, 0) is 16.1 Å². The van der Waals surface area contributed by atoms with E-state index in [0.29, 0.717) is 18.3 Å². The molecule has 0 bridgehead atoms. The highest BCUT2D eigenvalue weighted by Gasteiger charge is 2.26. The molecule has 2 aromatic heterocycles. The van der Waals surface area contributed by atoms with Gasteiger partial charge in [-0.2, -0.15) is 0 Å². The van der Waals surface area contributed by atoms with Gasteiger partial charge in [0.2, 0.25) is 17.8 Å². The van der Waals surface area contributed by atoms with E-state index in [1.807, 2.05) is 30.3 Å². The Balaban J connectivity index is 1.07. The summed E-state index contributed by atoms with van der Waals surface area (Å²) >= 11 is 1.75. The first-order chi connectivity index (χ1) is 23.0. The molecule has 2 fully saturated rings. The number of imidazole rings is 1. The molecule has 7 rings (SSSR count). The molecule has 0 unspecified atom stereocenters. The summed E-state index contributed by atoms with van der Waals surface area (Å²) in [5, 5.41) is 10.6. The first-order valence-corrected chi connectivity index (χ1v) is 17.8. The molecule has 2 aromatic carbocycles. The second kappa shape index (κ2) is 14.2. The van der Waals surface area contributed by atoms with E-state index >= 15 is 0 Å². The first-order valence-electron chi connectivity index (χ1n) is 16.8. The van der Waals surface area contributed by atoms with Crippen molar-refractivity contribution in [3.8, 4) is 22.6 Å². The van der Waals surface area contributed by atoms with Gasteiger partial charge in [0.15, 0.2) is 5.16 Å². The Morgan fingerprint density at radius 3 is 2.51 bits per heavy atom. The molecule has 4 heterocycles. The predicted molar refractivity (Wildman–Crippen MR) is 188 cm³/mol. The summed E-state index contributed by atoms with van der Waals surface area (Å²) < 4.78 is 2.24. The summed E-state index contributed by atoms with van der Waals surface area (Å²) in [5.41, 5.74) is 6.42. The van der Waals surface area contributed by atoms with Crippen molar-refractivity contribution < 1.29 is 9.59 Å². The van der Waals surface area contributed by atoms with E-state index in [1.54, 1.807) is 24.9 Å². The van der Waals surface area contributed by atoms with Gasteiger partial charge in [-0.1, -0.05) is 43.2 Å². The van der Waals surface area contributed by atoms with Gasteiger partial charge in [-0.05, 0) is 74.1 Å². The maximum atomic E-state index is 12.9. The number of thioether (sulfide) groups is 1. The predicted octanol–water partition coefficient (Wildman–Crippen LogP) is 6.87. The van der Waals surface area contributed by atoms with Gasteiger partial charge in [0.25, 0.3) is 0 Å². The zero-order valence-electron chi connectivity index (χ0n) is 26.9. The van der Waals surface area contributed by atoms with Gasteiger partial charge in [0.05, 0.1) is 17.1 Å². The van der Waals surface area contributed by atoms with Crippen LogP contribution in [0.2, 0.25) is 0 Å². The number of rotatable bonds is 9. The van der Waals surface area contributed by atoms with Gasteiger partial charge >= 0.3 is 0 Å². The fourth-order valence-electron chi connectivity index (χ4n) is 7.05. The van der Waals surface area contributed by atoms with E-state index < -0.39 is 0 Å². The van der Waals surface area contributed by atoms with Crippen molar-refractivity contribution in [3.05, 3.63) is 60.8 Å². The Kier molecular flexibility index (Phi) is 9.41. The van der Waals surface area contributed by atoms with Crippen LogP contribution in [0, 0.1) is 5.92 Å². The van der Waals surface area contributed by atoms with E-state index in [-0.39, 0.29) is 17.9 Å². The fraction of sp³-hybridized carbons (Fsp3) is 0.417. The molecule has 0 spiro atoms.